The second kappa shape index (κ2) is 55.4. The quantitative estimate of drug-likeness (QED) is 0.0222. The number of carbonyl (C=O) groups excluding carboxylic acids is 4. The molecule has 0 aromatic carbocycles. The standard InChI is InChI=1S/C64H124O17P2/c1-8-9-10-11-12-13-14-15-16-19-23-33-40-47-63(68)80-59(51-74-61(66)45-38-31-22-20-17-18-21-28-35-42-55(2)3)53-78-82(70,71)76-49-58(65)50-77-83(72,73)79-54-60(81-64(69)48-41-34-27-25-30-37-44-57(6)7)52-75-62(67)46-39-32-26-24-29-36-43-56(4)5/h55-60,65H,8-54H2,1-7H3,(H,70,71)(H,72,73)/t58-,59-,60-/m1/s1. The number of hydrogen-bond donors (Lipinski definition) is 3. The van der Waals surface area contributed by atoms with Crippen LogP contribution in [0.3, 0.4) is 0 Å². The maximum absolute atomic E-state index is 13.0. The molecule has 0 aromatic heterocycles. The number of carbonyl (C=O) groups is 4. The Bertz CT molecular complexity index is 1650. The Hall–Kier alpha value is -1.94. The number of hydrogen-bond acceptors (Lipinski definition) is 15. The van der Waals surface area contributed by atoms with Crippen molar-refractivity contribution in [1.82, 2.24) is 0 Å². The van der Waals surface area contributed by atoms with Gasteiger partial charge in [-0.3, -0.25) is 37.3 Å². The molecule has 0 saturated heterocycles. The van der Waals surface area contributed by atoms with E-state index in [-0.39, 0.29) is 25.7 Å². The first-order valence-electron chi connectivity index (χ1n) is 33.3. The first-order valence-corrected chi connectivity index (χ1v) is 36.3. The summed E-state index contributed by atoms with van der Waals surface area (Å²) in [5.74, 6) is -0.0475. The molecule has 0 bridgehead atoms. The topological polar surface area (TPSA) is 237 Å². The lowest BCUT2D eigenvalue weighted by Gasteiger charge is -2.21. The summed E-state index contributed by atoms with van der Waals surface area (Å²) in [5.41, 5.74) is 0. The highest BCUT2D eigenvalue weighted by Gasteiger charge is 2.30. The van der Waals surface area contributed by atoms with Crippen LogP contribution in [0.15, 0.2) is 0 Å². The lowest BCUT2D eigenvalue weighted by molar-refractivity contribution is -0.161. The van der Waals surface area contributed by atoms with Gasteiger partial charge in [-0.1, -0.05) is 260 Å². The summed E-state index contributed by atoms with van der Waals surface area (Å²) in [6, 6.07) is 0. The van der Waals surface area contributed by atoms with Gasteiger partial charge in [0, 0.05) is 25.7 Å². The molecule has 0 spiro atoms. The third kappa shape index (κ3) is 58.8. The van der Waals surface area contributed by atoms with E-state index in [1.165, 1.54) is 116 Å². The van der Waals surface area contributed by atoms with Crippen LogP contribution in [-0.2, 0) is 65.4 Å². The normalized spacial score (nSPS) is 14.4. The Morgan fingerprint density at radius 2 is 0.554 bits per heavy atom. The van der Waals surface area contributed by atoms with Crippen LogP contribution in [0.1, 0.15) is 312 Å². The Labute approximate surface area is 505 Å². The highest BCUT2D eigenvalue weighted by Crippen LogP contribution is 2.45. The molecule has 0 fully saturated rings. The number of esters is 4. The van der Waals surface area contributed by atoms with Crippen molar-refractivity contribution >= 4 is 39.5 Å². The lowest BCUT2D eigenvalue weighted by atomic mass is 10.0. The summed E-state index contributed by atoms with van der Waals surface area (Å²) >= 11 is 0. The second-order valence-corrected chi connectivity index (χ2v) is 27.5. The fourth-order valence-corrected chi connectivity index (χ4v) is 11.1. The van der Waals surface area contributed by atoms with Crippen molar-refractivity contribution in [2.24, 2.45) is 17.8 Å². The molecule has 0 radical (unpaired) electrons. The molecule has 0 aliphatic heterocycles. The molecule has 2 unspecified atom stereocenters. The van der Waals surface area contributed by atoms with Crippen LogP contribution in [0.25, 0.3) is 0 Å². The van der Waals surface area contributed by atoms with E-state index < -0.39 is 97.5 Å². The molecule has 17 nitrogen and oxygen atoms in total. The average molecular weight is 1230 g/mol. The smallest absolute Gasteiger partial charge is 0.462 e. The van der Waals surface area contributed by atoms with Crippen molar-refractivity contribution in [3.63, 3.8) is 0 Å². The van der Waals surface area contributed by atoms with Crippen LogP contribution >= 0.6 is 15.6 Å². The first-order chi connectivity index (χ1) is 39.7. The maximum atomic E-state index is 13.0. The molecular formula is C64H124O17P2. The van der Waals surface area contributed by atoms with Gasteiger partial charge >= 0.3 is 39.5 Å². The predicted molar refractivity (Wildman–Crippen MR) is 331 cm³/mol. The van der Waals surface area contributed by atoms with Crippen molar-refractivity contribution in [2.75, 3.05) is 39.6 Å². The largest absolute Gasteiger partial charge is 0.472 e. The minimum absolute atomic E-state index is 0.101. The summed E-state index contributed by atoms with van der Waals surface area (Å²) in [7, 11) is -9.89. The van der Waals surface area contributed by atoms with Gasteiger partial charge < -0.3 is 33.8 Å². The maximum Gasteiger partial charge on any atom is 0.472 e. The Balaban J connectivity index is 5.24. The van der Waals surface area contributed by atoms with E-state index in [0.29, 0.717) is 37.5 Å². The molecule has 5 atom stereocenters. The van der Waals surface area contributed by atoms with Crippen LogP contribution in [0, 0.1) is 17.8 Å². The van der Waals surface area contributed by atoms with E-state index >= 15 is 0 Å². The zero-order valence-corrected chi connectivity index (χ0v) is 55.4. The van der Waals surface area contributed by atoms with Crippen LogP contribution in [-0.4, -0.2) is 96.7 Å². The Morgan fingerprint density at radius 3 is 0.819 bits per heavy atom. The minimum atomic E-state index is -4.94. The molecule has 0 aliphatic rings. The van der Waals surface area contributed by atoms with E-state index in [9.17, 15) is 43.2 Å². The van der Waals surface area contributed by atoms with Gasteiger partial charge in [0.15, 0.2) is 12.2 Å². The van der Waals surface area contributed by atoms with Gasteiger partial charge in [0.25, 0.3) is 0 Å². The van der Waals surface area contributed by atoms with Gasteiger partial charge in [0.1, 0.15) is 19.3 Å². The molecule has 83 heavy (non-hydrogen) atoms. The van der Waals surface area contributed by atoms with Gasteiger partial charge in [0.2, 0.25) is 0 Å². The molecule has 0 amide bonds. The van der Waals surface area contributed by atoms with Crippen molar-refractivity contribution in [1.29, 1.82) is 0 Å². The molecule has 0 aromatic rings. The summed E-state index contributed by atoms with van der Waals surface area (Å²) in [6.07, 6.45) is 36.5. The number of phosphoric acid groups is 2. The molecular weight excluding hydrogens is 1100 g/mol. The summed E-state index contributed by atoms with van der Waals surface area (Å²) in [5, 5.41) is 10.5. The minimum Gasteiger partial charge on any atom is -0.462 e. The monoisotopic (exact) mass is 1230 g/mol. The number of aliphatic hydroxyl groups is 1. The van der Waals surface area contributed by atoms with Gasteiger partial charge in [-0.05, 0) is 43.4 Å². The van der Waals surface area contributed by atoms with Crippen molar-refractivity contribution in [2.45, 2.75) is 330 Å². The first kappa shape index (κ1) is 81.1. The number of phosphoric ester groups is 2. The van der Waals surface area contributed by atoms with Crippen molar-refractivity contribution < 1.29 is 80.2 Å². The van der Waals surface area contributed by atoms with Crippen LogP contribution in [0.2, 0.25) is 0 Å². The SMILES string of the molecule is CCCCCCCCCCCCCCCC(=O)O[C@H](COC(=O)CCCCCCCCCCCC(C)C)COP(=O)(O)OC[C@@H](O)COP(=O)(O)OC[C@@H](COC(=O)CCCCCCCCC(C)C)OC(=O)CCCCCCCCC(C)C. The highest BCUT2D eigenvalue weighted by molar-refractivity contribution is 7.47. The summed E-state index contributed by atoms with van der Waals surface area (Å²) < 4.78 is 67.9. The number of rotatable bonds is 62. The average Bonchev–Trinajstić information content (AvgIpc) is 3.44. The van der Waals surface area contributed by atoms with Gasteiger partial charge in [-0.25, -0.2) is 9.13 Å². The van der Waals surface area contributed by atoms with Crippen molar-refractivity contribution in [3.8, 4) is 0 Å². The Kier molecular flexibility index (Phi) is 54.1. The highest BCUT2D eigenvalue weighted by atomic mass is 31.2. The van der Waals surface area contributed by atoms with E-state index in [0.717, 1.165) is 102 Å². The molecule has 0 saturated carbocycles. The lowest BCUT2D eigenvalue weighted by Crippen LogP contribution is -2.30. The zero-order valence-electron chi connectivity index (χ0n) is 53.6. The third-order valence-electron chi connectivity index (χ3n) is 14.6. The van der Waals surface area contributed by atoms with Crippen LogP contribution in [0.4, 0.5) is 0 Å². The fourth-order valence-electron chi connectivity index (χ4n) is 9.48. The van der Waals surface area contributed by atoms with E-state index in [1.807, 2.05) is 0 Å². The predicted octanol–water partition coefficient (Wildman–Crippen LogP) is 17.5. The molecule has 3 N–H and O–H groups in total. The van der Waals surface area contributed by atoms with E-state index in [1.54, 1.807) is 0 Å². The van der Waals surface area contributed by atoms with Crippen molar-refractivity contribution in [3.05, 3.63) is 0 Å². The number of unbranched alkanes of at least 4 members (excludes halogenated alkanes) is 30. The van der Waals surface area contributed by atoms with Gasteiger partial charge in [-0.15, -0.1) is 0 Å². The number of ether oxygens (including phenoxy) is 4. The number of aliphatic hydroxyl groups excluding tert-OH is 1. The van der Waals surface area contributed by atoms with Crippen LogP contribution < -0.4 is 0 Å². The fraction of sp³-hybridized carbons (Fsp3) is 0.938. The second-order valence-electron chi connectivity index (χ2n) is 24.6. The summed E-state index contributed by atoms with van der Waals surface area (Å²) in [4.78, 5) is 72.2. The zero-order chi connectivity index (χ0) is 61.7. The molecule has 492 valence electrons. The third-order valence-corrected chi connectivity index (χ3v) is 16.5. The molecule has 0 rings (SSSR count). The Morgan fingerprint density at radius 1 is 0.325 bits per heavy atom. The van der Waals surface area contributed by atoms with Gasteiger partial charge in [-0.2, -0.15) is 0 Å². The molecule has 19 heteroatoms. The van der Waals surface area contributed by atoms with E-state index in [2.05, 4.69) is 48.5 Å². The molecule has 0 heterocycles. The van der Waals surface area contributed by atoms with E-state index in [4.69, 9.17) is 37.0 Å². The molecule has 0 aliphatic carbocycles. The summed E-state index contributed by atoms with van der Waals surface area (Å²) in [6.45, 7) is 11.6. The van der Waals surface area contributed by atoms with Gasteiger partial charge in [0.05, 0.1) is 26.4 Å². The van der Waals surface area contributed by atoms with Crippen LogP contribution in [0.5, 0.6) is 0 Å².